The van der Waals surface area contributed by atoms with Gasteiger partial charge in [0.2, 0.25) is 11.7 Å². The van der Waals surface area contributed by atoms with Crippen LogP contribution >= 0.6 is 0 Å². The molecule has 1 aliphatic rings. The van der Waals surface area contributed by atoms with E-state index in [1.165, 1.54) is 5.56 Å². The van der Waals surface area contributed by atoms with E-state index in [1.54, 1.807) is 6.07 Å². The van der Waals surface area contributed by atoms with E-state index < -0.39 is 5.54 Å². The summed E-state index contributed by atoms with van der Waals surface area (Å²) < 4.78 is 5.54. The Kier molecular flexibility index (Phi) is 8.74. The number of para-hydroxylation sites is 2. The molecule has 2 amide bonds. The number of unbranched alkanes of at least 4 members (excludes halogenated alkanes) is 1. The molecule has 0 bridgehead atoms. The number of oxazole rings is 1. The van der Waals surface area contributed by atoms with Gasteiger partial charge in [0.25, 0.3) is 11.8 Å². The maximum absolute atomic E-state index is 13.3. The van der Waals surface area contributed by atoms with Crippen molar-refractivity contribution in [3.63, 3.8) is 0 Å². The molecule has 3 aromatic rings. The molecule has 0 atom stereocenters. The Balaban J connectivity index is 1.27. The fraction of sp³-hybridized carbons (Fsp3) is 0.467. The number of amides is 2. The van der Waals surface area contributed by atoms with Crippen molar-refractivity contribution < 1.29 is 18.8 Å². The second-order valence-corrected chi connectivity index (χ2v) is 10.5. The van der Waals surface area contributed by atoms with Crippen LogP contribution in [-0.2, 0) is 11.2 Å². The Morgan fingerprint density at radius 1 is 0.973 bits per heavy atom. The summed E-state index contributed by atoms with van der Waals surface area (Å²) in [6, 6.07) is 15.0. The third kappa shape index (κ3) is 6.85. The normalized spacial score (nSPS) is 15.0. The van der Waals surface area contributed by atoms with Crippen molar-refractivity contribution in [3.8, 4) is 0 Å². The van der Waals surface area contributed by atoms with Gasteiger partial charge in [0, 0.05) is 18.5 Å². The van der Waals surface area contributed by atoms with Crippen LogP contribution in [0.1, 0.15) is 91.8 Å². The number of hydrogen-bond acceptors (Lipinski definition) is 5. The zero-order chi connectivity index (χ0) is 26.3. The van der Waals surface area contributed by atoms with Crippen molar-refractivity contribution in [1.82, 2.24) is 15.6 Å². The van der Waals surface area contributed by atoms with Gasteiger partial charge in [0.15, 0.2) is 5.58 Å². The molecule has 0 radical (unpaired) electrons. The lowest BCUT2D eigenvalue weighted by Crippen LogP contribution is -2.59. The molecule has 7 heteroatoms. The van der Waals surface area contributed by atoms with Gasteiger partial charge in [0.1, 0.15) is 11.1 Å². The molecule has 0 unspecified atom stereocenters. The molecule has 1 aliphatic carbocycles. The third-order valence-corrected chi connectivity index (χ3v) is 7.00. The summed E-state index contributed by atoms with van der Waals surface area (Å²) >= 11 is 0. The maximum Gasteiger partial charge on any atom is 0.264 e. The van der Waals surface area contributed by atoms with Crippen LogP contribution < -0.4 is 10.6 Å². The summed E-state index contributed by atoms with van der Waals surface area (Å²) in [7, 11) is 0. The molecule has 1 aromatic heterocycles. The molecule has 4 rings (SSSR count). The number of hydrogen-bond donors (Lipinski definition) is 2. The molecule has 1 heterocycles. The average molecular weight is 504 g/mol. The van der Waals surface area contributed by atoms with E-state index in [-0.39, 0.29) is 23.5 Å². The number of rotatable bonds is 11. The summed E-state index contributed by atoms with van der Waals surface area (Å²) in [5.41, 5.74) is 2.16. The quantitative estimate of drug-likeness (QED) is 0.261. The minimum Gasteiger partial charge on any atom is -0.434 e. The number of aromatic nitrogens is 1. The van der Waals surface area contributed by atoms with Crippen LogP contribution in [0.4, 0.5) is 0 Å². The predicted octanol–water partition coefficient (Wildman–Crippen LogP) is 5.63. The van der Waals surface area contributed by atoms with Crippen molar-refractivity contribution in [2.75, 3.05) is 6.54 Å². The lowest BCUT2D eigenvalue weighted by atomic mass is 9.80. The van der Waals surface area contributed by atoms with Crippen molar-refractivity contribution >= 4 is 28.7 Å². The Bertz CT molecular complexity index is 1190. The summed E-state index contributed by atoms with van der Waals surface area (Å²) in [5.74, 6) is 0.192. The number of nitrogens with zero attached hydrogens (tertiary/aromatic N) is 1. The molecule has 196 valence electrons. The van der Waals surface area contributed by atoms with Gasteiger partial charge >= 0.3 is 0 Å². The van der Waals surface area contributed by atoms with Gasteiger partial charge in [-0.1, -0.05) is 57.4 Å². The molecule has 2 N–H and O–H groups in total. The fourth-order valence-corrected chi connectivity index (χ4v) is 5.00. The number of carbonyl (C=O) groups excluding carboxylic acids is 3. The number of carbonyl (C=O) groups is 3. The Labute approximate surface area is 218 Å². The molecular weight excluding hydrogens is 466 g/mol. The first-order chi connectivity index (χ1) is 17.9. The zero-order valence-electron chi connectivity index (χ0n) is 21.8. The van der Waals surface area contributed by atoms with Crippen molar-refractivity contribution in [2.45, 2.75) is 77.2 Å². The highest BCUT2D eigenvalue weighted by molar-refractivity contribution is 5.99. The van der Waals surface area contributed by atoms with E-state index >= 15 is 0 Å². The highest BCUT2D eigenvalue weighted by Gasteiger charge is 2.40. The van der Waals surface area contributed by atoms with Gasteiger partial charge in [0.05, 0.1) is 0 Å². The zero-order valence-corrected chi connectivity index (χ0v) is 21.8. The maximum atomic E-state index is 13.3. The minimum absolute atomic E-state index is 0.131. The van der Waals surface area contributed by atoms with Gasteiger partial charge in [-0.15, -0.1) is 0 Å². The van der Waals surface area contributed by atoms with E-state index in [0.29, 0.717) is 61.2 Å². The van der Waals surface area contributed by atoms with Gasteiger partial charge < -0.3 is 15.1 Å². The molecule has 7 nitrogen and oxygen atoms in total. The van der Waals surface area contributed by atoms with Crippen molar-refractivity contribution in [2.24, 2.45) is 5.92 Å². The number of fused-ring (bicyclic) bond motifs is 1. The monoisotopic (exact) mass is 503 g/mol. The first-order valence-corrected chi connectivity index (χ1v) is 13.4. The standard InChI is InChI=1S/C30H37N3O4/c1-21(2)20-22-13-15-23(16-14-22)27(35)33-30(17-7-3-8-18-30)29(36)31-19-9-6-11-25(34)28-32-24-10-4-5-12-26(24)37-28/h4-5,10,12-16,21H,3,6-9,11,17-20H2,1-2H3,(H,31,36)(H,33,35). The van der Waals surface area contributed by atoms with Crippen LogP contribution in [0.15, 0.2) is 52.9 Å². The number of Topliss-reactive ketones (excluding diaryl/α,β-unsaturated/α-hetero) is 1. The van der Waals surface area contributed by atoms with E-state index in [0.717, 1.165) is 25.7 Å². The summed E-state index contributed by atoms with van der Waals surface area (Å²) in [4.78, 5) is 43.0. The number of benzene rings is 2. The lowest BCUT2D eigenvalue weighted by Gasteiger charge is -2.36. The second-order valence-electron chi connectivity index (χ2n) is 10.5. The predicted molar refractivity (Wildman–Crippen MR) is 143 cm³/mol. The second kappa shape index (κ2) is 12.2. The molecule has 1 fully saturated rings. The van der Waals surface area contributed by atoms with Gasteiger partial charge in [-0.05, 0) is 67.9 Å². The molecule has 0 spiro atoms. The van der Waals surface area contributed by atoms with Crippen LogP contribution in [0.25, 0.3) is 11.1 Å². The average Bonchev–Trinajstić information content (AvgIpc) is 3.33. The number of nitrogens with one attached hydrogen (secondary N) is 2. The van der Waals surface area contributed by atoms with Gasteiger partial charge in [-0.3, -0.25) is 14.4 Å². The summed E-state index contributed by atoms with van der Waals surface area (Å²) in [5, 5.41) is 6.09. The first kappa shape index (κ1) is 26.6. The van der Waals surface area contributed by atoms with E-state index in [2.05, 4.69) is 29.5 Å². The Morgan fingerprint density at radius 2 is 1.70 bits per heavy atom. The summed E-state index contributed by atoms with van der Waals surface area (Å²) in [6.07, 6.45) is 6.66. The minimum atomic E-state index is -0.889. The molecule has 0 aliphatic heterocycles. The van der Waals surface area contributed by atoms with Crippen molar-refractivity contribution in [1.29, 1.82) is 0 Å². The van der Waals surface area contributed by atoms with Crippen molar-refractivity contribution in [3.05, 3.63) is 65.5 Å². The summed E-state index contributed by atoms with van der Waals surface area (Å²) in [6.45, 7) is 4.78. The van der Waals surface area contributed by atoms with Gasteiger partial charge in [-0.25, -0.2) is 4.98 Å². The third-order valence-electron chi connectivity index (χ3n) is 7.00. The first-order valence-electron chi connectivity index (χ1n) is 13.4. The molecule has 0 saturated heterocycles. The van der Waals surface area contributed by atoms with Crippen LogP contribution in [0.2, 0.25) is 0 Å². The Hall–Kier alpha value is -3.48. The van der Waals surface area contributed by atoms with Crippen LogP contribution in [0.3, 0.4) is 0 Å². The van der Waals surface area contributed by atoms with Crippen LogP contribution in [-0.4, -0.2) is 34.7 Å². The lowest BCUT2D eigenvalue weighted by molar-refractivity contribution is -0.128. The molecule has 37 heavy (non-hydrogen) atoms. The van der Waals surface area contributed by atoms with Crippen LogP contribution in [0, 0.1) is 5.92 Å². The highest BCUT2D eigenvalue weighted by Crippen LogP contribution is 2.29. The highest BCUT2D eigenvalue weighted by atomic mass is 16.4. The molecule has 1 saturated carbocycles. The topological polar surface area (TPSA) is 101 Å². The van der Waals surface area contributed by atoms with E-state index in [9.17, 15) is 14.4 Å². The molecule has 2 aromatic carbocycles. The Morgan fingerprint density at radius 3 is 2.41 bits per heavy atom. The fourth-order valence-electron chi connectivity index (χ4n) is 5.00. The van der Waals surface area contributed by atoms with E-state index in [4.69, 9.17) is 4.42 Å². The van der Waals surface area contributed by atoms with Crippen LogP contribution in [0.5, 0.6) is 0 Å². The van der Waals surface area contributed by atoms with E-state index in [1.807, 2.05) is 42.5 Å². The SMILES string of the molecule is CC(C)Cc1ccc(C(=O)NC2(C(=O)NCCCCC(=O)c3nc4ccccc4o3)CCCCC2)cc1. The van der Waals surface area contributed by atoms with Gasteiger partial charge in [-0.2, -0.15) is 0 Å². The largest absolute Gasteiger partial charge is 0.434 e. The molecular formula is C30H37N3O4. The smallest absolute Gasteiger partial charge is 0.264 e. The number of ketones is 1.